The molecule has 1 aromatic carbocycles. The van der Waals surface area contributed by atoms with Crippen molar-refractivity contribution in [1.82, 2.24) is 4.90 Å². The lowest BCUT2D eigenvalue weighted by Gasteiger charge is -2.41. The number of rotatable bonds is 3. The van der Waals surface area contributed by atoms with Gasteiger partial charge in [0.25, 0.3) is 0 Å². The van der Waals surface area contributed by atoms with Gasteiger partial charge in [-0.2, -0.15) is 0 Å². The molecule has 0 atom stereocenters. The minimum atomic E-state index is -0.577. The van der Waals surface area contributed by atoms with Gasteiger partial charge in [0.15, 0.2) is 0 Å². The summed E-state index contributed by atoms with van der Waals surface area (Å²) in [6, 6.07) is 7.81. The third-order valence-electron chi connectivity index (χ3n) is 4.11. The third kappa shape index (κ3) is 3.37. The summed E-state index contributed by atoms with van der Waals surface area (Å²) in [5.41, 5.74) is 7.11. The van der Waals surface area contributed by atoms with Crippen LogP contribution in [-0.4, -0.2) is 36.5 Å². The molecule has 0 spiro atoms. The van der Waals surface area contributed by atoms with Crippen molar-refractivity contribution in [3.05, 3.63) is 29.8 Å². The minimum Gasteiger partial charge on any atom is -0.371 e. The summed E-state index contributed by atoms with van der Waals surface area (Å²) >= 11 is 0. The first-order valence-corrected chi connectivity index (χ1v) is 7.29. The first kappa shape index (κ1) is 15.4. The van der Waals surface area contributed by atoms with Crippen molar-refractivity contribution < 1.29 is 4.79 Å². The van der Waals surface area contributed by atoms with Crippen LogP contribution in [0.15, 0.2) is 24.3 Å². The average Bonchev–Trinajstić information content (AvgIpc) is 2.49. The number of carbonyl (C=O) groups excluding carboxylic acids is 1. The van der Waals surface area contributed by atoms with Crippen LogP contribution in [0.25, 0.3) is 0 Å². The summed E-state index contributed by atoms with van der Waals surface area (Å²) in [6.07, 6.45) is 8.62. The van der Waals surface area contributed by atoms with Crippen LogP contribution in [0.1, 0.15) is 31.2 Å². The Morgan fingerprint density at radius 1 is 1.43 bits per heavy atom. The molecule has 0 heterocycles. The number of likely N-dealkylation sites (N-methyl/N-ethyl adjacent to an activating group) is 1. The van der Waals surface area contributed by atoms with Crippen molar-refractivity contribution in [2.75, 3.05) is 19.4 Å². The summed E-state index contributed by atoms with van der Waals surface area (Å²) in [5, 5.41) is 3.43. The highest BCUT2D eigenvalue weighted by atomic mass is 16.2. The zero-order chi connectivity index (χ0) is 15.5. The molecule has 1 fully saturated rings. The van der Waals surface area contributed by atoms with Gasteiger partial charge in [0.05, 0.1) is 0 Å². The molecule has 1 saturated carbocycles. The van der Waals surface area contributed by atoms with Gasteiger partial charge >= 0.3 is 0 Å². The minimum absolute atomic E-state index is 0.0977. The number of terminal acetylenes is 1. The maximum absolute atomic E-state index is 12.7. The smallest absolute Gasteiger partial charge is 0.247 e. The molecule has 0 aliphatic heterocycles. The highest BCUT2D eigenvalue weighted by Gasteiger charge is 2.42. The number of nitrogens with one attached hydrogen (secondary N) is 1. The van der Waals surface area contributed by atoms with Gasteiger partial charge in [0, 0.05) is 31.4 Å². The van der Waals surface area contributed by atoms with Crippen molar-refractivity contribution in [2.24, 2.45) is 5.73 Å². The standard InChI is InChI=1S/C17H23N3O/c1-4-13-6-5-7-15(12-13)19-17(16(21)20(2)3)10-8-14(18)9-11-17/h1,5-7,12,14,19H,8-11,18H2,2-3H3. The van der Waals surface area contributed by atoms with Crippen molar-refractivity contribution in [3.8, 4) is 12.3 Å². The Hall–Kier alpha value is -1.99. The molecule has 3 N–H and O–H groups in total. The van der Waals surface area contributed by atoms with Crippen LogP contribution < -0.4 is 11.1 Å². The molecule has 0 aromatic heterocycles. The number of nitrogens with two attached hydrogens (primary N) is 1. The molecule has 4 nitrogen and oxygen atoms in total. The first-order valence-electron chi connectivity index (χ1n) is 7.29. The second-order valence-electron chi connectivity index (χ2n) is 5.97. The summed E-state index contributed by atoms with van der Waals surface area (Å²) in [5.74, 6) is 2.72. The molecule has 1 amide bonds. The molecular formula is C17H23N3O. The molecule has 0 bridgehead atoms. The lowest BCUT2D eigenvalue weighted by Crippen LogP contribution is -2.55. The lowest BCUT2D eigenvalue weighted by atomic mass is 9.78. The molecule has 0 radical (unpaired) electrons. The molecule has 0 unspecified atom stereocenters. The zero-order valence-corrected chi connectivity index (χ0v) is 12.7. The number of amides is 1. The molecule has 1 aliphatic rings. The maximum Gasteiger partial charge on any atom is 0.247 e. The van der Waals surface area contributed by atoms with Crippen LogP contribution in [0.2, 0.25) is 0 Å². The number of hydrogen-bond donors (Lipinski definition) is 2. The number of anilines is 1. The number of hydrogen-bond acceptors (Lipinski definition) is 3. The Bertz CT molecular complexity index is 551. The van der Waals surface area contributed by atoms with E-state index in [1.165, 1.54) is 0 Å². The van der Waals surface area contributed by atoms with E-state index in [4.69, 9.17) is 12.2 Å². The maximum atomic E-state index is 12.7. The van der Waals surface area contributed by atoms with E-state index in [0.717, 1.165) is 36.9 Å². The molecular weight excluding hydrogens is 262 g/mol. The Labute approximate surface area is 126 Å². The van der Waals surface area contributed by atoms with E-state index in [9.17, 15) is 4.79 Å². The zero-order valence-electron chi connectivity index (χ0n) is 12.7. The highest BCUT2D eigenvalue weighted by molar-refractivity contribution is 5.89. The van der Waals surface area contributed by atoms with Crippen molar-refractivity contribution in [2.45, 2.75) is 37.3 Å². The number of carbonyl (C=O) groups is 1. The summed E-state index contributed by atoms with van der Waals surface area (Å²) < 4.78 is 0. The molecule has 1 aromatic rings. The van der Waals surface area contributed by atoms with Crippen LogP contribution >= 0.6 is 0 Å². The SMILES string of the molecule is C#Cc1cccc(NC2(C(=O)N(C)C)CCC(N)CC2)c1. The quantitative estimate of drug-likeness (QED) is 0.833. The molecule has 1 aliphatic carbocycles. The fraction of sp³-hybridized carbons (Fsp3) is 0.471. The second kappa shape index (κ2) is 6.19. The molecule has 112 valence electrons. The van der Waals surface area contributed by atoms with E-state index < -0.39 is 5.54 Å². The monoisotopic (exact) mass is 285 g/mol. The van der Waals surface area contributed by atoms with E-state index in [-0.39, 0.29) is 11.9 Å². The van der Waals surface area contributed by atoms with E-state index in [1.54, 1.807) is 19.0 Å². The number of nitrogens with zero attached hydrogens (tertiary/aromatic N) is 1. The van der Waals surface area contributed by atoms with Crippen LogP contribution in [0.3, 0.4) is 0 Å². The van der Waals surface area contributed by atoms with Crippen LogP contribution in [0.4, 0.5) is 5.69 Å². The van der Waals surface area contributed by atoms with Gasteiger partial charge in [-0.25, -0.2) is 0 Å². The van der Waals surface area contributed by atoms with Crippen LogP contribution in [-0.2, 0) is 4.79 Å². The van der Waals surface area contributed by atoms with Crippen LogP contribution in [0, 0.1) is 12.3 Å². The predicted molar refractivity (Wildman–Crippen MR) is 85.9 cm³/mol. The van der Waals surface area contributed by atoms with Gasteiger partial charge in [-0.05, 0) is 43.9 Å². The molecule has 2 rings (SSSR count). The van der Waals surface area contributed by atoms with Crippen molar-refractivity contribution >= 4 is 11.6 Å². The summed E-state index contributed by atoms with van der Waals surface area (Å²) in [7, 11) is 3.58. The van der Waals surface area contributed by atoms with E-state index in [0.29, 0.717) is 0 Å². The van der Waals surface area contributed by atoms with Gasteiger partial charge in [0.2, 0.25) is 5.91 Å². The van der Waals surface area contributed by atoms with Crippen molar-refractivity contribution in [1.29, 1.82) is 0 Å². The van der Waals surface area contributed by atoms with Gasteiger partial charge < -0.3 is 16.0 Å². The summed E-state index contributed by atoms with van der Waals surface area (Å²) in [6.45, 7) is 0. The summed E-state index contributed by atoms with van der Waals surface area (Å²) in [4.78, 5) is 14.3. The third-order valence-corrected chi connectivity index (χ3v) is 4.11. The second-order valence-corrected chi connectivity index (χ2v) is 5.97. The van der Waals surface area contributed by atoms with Gasteiger partial charge in [-0.3, -0.25) is 4.79 Å². The van der Waals surface area contributed by atoms with Crippen molar-refractivity contribution in [3.63, 3.8) is 0 Å². The van der Waals surface area contributed by atoms with E-state index in [2.05, 4.69) is 11.2 Å². The first-order chi connectivity index (χ1) is 9.97. The van der Waals surface area contributed by atoms with Crippen LogP contribution in [0.5, 0.6) is 0 Å². The predicted octanol–water partition coefficient (Wildman–Crippen LogP) is 1.81. The Balaban J connectivity index is 2.28. The molecule has 0 saturated heterocycles. The normalized spacial score (nSPS) is 25.0. The fourth-order valence-corrected chi connectivity index (χ4v) is 2.92. The average molecular weight is 285 g/mol. The Kier molecular flexibility index (Phi) is 4.54. The number of benzene rings is 1. The van der Waals surface area contributed by atoms with Gasteiger partial charge in [-0.1, -0.05) is 12.0 Å². The molecule has 21 heavy (non-hydrogen) atoms. The largest absolute Gasteiger partial charge is 0.371 e. The van der Waals surface area contributed by atoms with Gasteiger partial charge in [0.1, 0.15) is 5.54 Å². The van der Waals surface area contributed by atoms with E-state index in [1.807, 2.05) is 24.3 Å². The lowest BCUT2D eigenvalue weighted by molar-refractivity contribution is -0.134. The fourth-order valence-electron chi connectivity index (χ4n) is 2.92. The topological polar surface area (TPSA) is 58.4 Å². The Morgan fingerprint density at radius 2 is 2.10 bits per heavy atom. The Morgan fingerprint density at radius 3 is 2.67 bits per heavy atom. The van der Waals surface area contributed by atoms with E-state index >= 15 is 0 Å². The molecule has 4 heteroatoms. The highest BCUT2D eigenvalue weighted by Crippen LogP contribution is 2.33. The van der Waals surface area contributed by atoms with Gasteiger partial charge in [-0.15, -0.1) is 6.42 Å².